The van der Waals surface area contributed by atoms with Crippen LogP contribution >= 0.6 is 0 Å². The average Bonchev–Trinajstić information content (AvgIpc) is 3.11. The predicted molar refractivity (Wildman–Crippen MR) is 112 cm³/mol. The van der Waals surface area contributed by atoms with Gasteiger partial charge in [-0.15, -0.1) is 0 Å². The van der Waals surface area contributed by atoms with E-state index in [1.165, 1.54) is 17.7 Å². The summed E-state index contributed by atoms with van der Waals surface area (Å²) >= 11 is 0. The molecule has 3 aromatic carbocycles. The fraction of sp³-hybridized carbons (Fsp3) is 0.217. The van der Waals surface area contributed by atoms with Crippen molar-refractivity contribution in [3.05, 3.63) is 59.7 Å². The van der Waals surface area contributed by atoms with E-state index in [0.29, 0.717) is 6.54 Å². The van der Waals surface area contributed by atoms with Crippen LogP contribution in [0.1, 0.15) is 12.0 Å². The molecule has 5 rings (SSSR count). The third-order valence-electron chi connectivity index (χ3n) is 5.89. The number of aryl methyl sites for hydroxylation is 3. The van der Waals surface area contributed by atoms with Crippen molar-refractivity contribution in [2.24, 2.45) is 19.8 Å². The van der Waals surface area contributed by atoms with E-state index < -0.39 is 0 Å². The largest absolute Gasteiger partial charge is 0.343 e. The first kappa shape index (κ1) is 17.2. The van der Waals surface area contributed by atoms with Crippen molar-refractivity contribution in [1.82, 2.24) is 9.13 Å². The normalized spacial score (nSPS) is 12.2. The van der Waals surface area contributed by atoms with Gasteiger partial charge in [-0.3, -0.25) is 0 Å². The Hall–Kier alpha value is -2.92. The molecule has 0 saturated heterocycles. The van der Waals surface area contributed by atoms with Crippen LogP contribution in [0.4, 0.5) is 8.78 Å². The maximum atomic E-state index is 14.0. The molecule has 5 heteroatoms. The zero-order valence-electron chi connectivity index (χ0n) is 15.9. The van der Waals surface area contributed by atoms with Gasteiger partial charge in [-0.05, 0) is 61.9 Å². The van der Waals surface area contributed by atoms with Gasteiger partial charge in [0, 0.05) is 52.2 Å². The highest BCUT2D eigenvalue weighted by molar-refractivity contribution is 6.19. The highest BCUT2D eigenvalue weighted by Gasteiger charge is 2.20. The minimum Gasteiger partial charge on any atom is -0.343 e. The van der Waals surface area contributed by atoms with Gasteiger partial charge in [0.25, 0.3) is 0 Å². The number of fused-ring (bicyclic) bond motifs is 6. The number of nitrogens with two attached hydrogens (primary N) is 1. The summed E-state index contributed by atoms with van der Waals surface area (Å²) in [7, 11) is 4.03. The second-order valence-electron chi connectivity index (χ2n) is 7.48. The van der Waals surface area contributed by atoms with Gasteiger partial charge in [-0.2, -0.15) is 0 Å². The van der Waals surface area contributed by atoms with Crippen LogP contribution in [0.2, 0.25) is 0 Å². The molecule has 5 aromatic rings. The number of aromatic nitrogens is 2. The van der Waals surface area contributed by atoms with E-state index in [1.807, 2.05) is 26.2 Å². The van der Waals surface area contributed by atoms with Gasteiger partial charge < -0.3 is 14.9 Å². The molecule has 0 aliphatic rings. The van der Waals surface area contributed by atoms with Crippen LogP contribution in [-0.4, -0.2) is 15.7 Å². The standard InChI is InChI=1S/C23H21F2N3/c1-27-20-7-5-13(24)10-16(20)18-12-19-17-11-14(25)6-8-21(17)28(2)23(19)15(22(18)27)4-3-9-26/h5-8,10-12H,3-4,9,26H2,1-2H3. The van der Waals surface area contributed by atoms with Gasteiger partial charge in [0.2, 0.25) is 0 Å². The topological polar surface area (TPSA) is 35.9 Å². The van der Waals surface area contributed by atoms with Crippen molar-refractivity contribution in [3.8, 4) is 0 Å². The first-order valence-corrected chi connectivity index (χ1v) is 9.48. The minimum absolute atomic E-state index is 0.257. The van der Waals surface area contributed by atoms with Gasteiger partial charge in [0.15, 0.2) is 0 Å². The number of nitrogens with zero attached hydrogens (tertiary/aromatic N) is 2. The summed E-state index contributed by atoms with van der Waals surface area (Å²) in [6, 6.07) is 11.9. The van der Waals surface area contributed by atoms with Crippen molar-refractivity contribution < 1.29 is 8.78 Å². The van der Waals surface area contributed by atoms with Gasteiger partial charge in [0.1, 0.15) is 11.6 Å². The summed E-state index contributed by atoms with van der Waals surface area (Å²) in [5.41, 5.74) is 11.1. The summed E-state index contributed by atoms with van der Waals surface area (Å²) < 4.78 is 32.3. The van der Waals surface area contributed by atoms with Crippen LogP contribution in [0.25, 0.3) is 43.6 Å². The Morgan fingerprint density at radius 2 is 1.25 bits per heavy atom. The third kappa shape index (κ3) is 2.23. The van der Waals surface area contributed by atoms with Crippen molar-refractivity contribution in [3.63, 3.8) is 0 Å². The molecular formula is C23H21F2N3. The van der Waals surface area contributed by atoms with E-state index in [-0.39, 0.29) is 11.6 Å². The Bertz CT molecular complexity index is 1290. The summed E-state index contributed by atoms with van der Waals surface area (Å²) in [5.74, 6) is -0.514. The zero-order chi connectivity index (χ0) is 19.6. The fourth-order valence-electron chi connectivity index (χ4n) is 4.68. The molecule has 0 bridgehead atoms. The maximum absolute atomic E-state index is 14.0. The zero-order valence-corrected chi connectivity index (χ0v) is 15.9. The number of rotatable bonds is 3. The van der Waals surface area contributed by atoms with Crippen LogP contribution in [-0.2, 0) is 20.5 Å². The van der Waals surface area contributed by atoms with Crippen LogP contribution in [0.3, 0.4) is 0 Å². The highest BCUT2D eigenvalue weighted by Crippen LogP contribution is 2.40. The molecule has 0 saturated carbocycles. The molecule has 2 heterocycles. The van der Waals surface area contributed by atoms with Crippen LogP contribution in [0, 0.1) is 11.6 Å². The molecule has 0 fully saturated rings. The lowest BCUT2D eigenvalue weighted by Crippen LogP contribution is -2.03. The maximum Gasteiger partial charge on any atom is 0.123 e. The monoisotopic (exact) mass is 377 g/mol. The van der Waals surface area contributed by atoms with Gasteiger partial charge in [0.05, 0.1) is 11.0 Å². The van der Waals surface area contributed by atoms with E-state index in [1.54, 1.807) is 12.1 Å². The molecule has 2 N–H and O–H groups in total. The van der Waals surface area contributed by atoms with E-state index in [0.717, 1.165) is 56.5 Å². The van der Waals surface area contributed by atoms with E-state index in [4.69, 9.17) is 5.73 Å². The number of hydrogen-bond donors (Lipinski definition) is 1. The highest BCUT2D eigenvalue weighted by atomic mass is 19.1. The number of halogens is 2. The lowest BCUT2D eigenvalue weighted by molar-refractivity contribution is 0.629. The Balaban J connectivity index is 2.06. The van der Waals surface area contributed by atoms with Crippen LogP contribution in [0.15, 0.2) is 42.5 Å². The summed E-state index contributed by atoms with van der Waals surface area (Å²) in [5, 5.41) is 3.74. The van der Waals surface area contributed by atoms with E-state index in [2.05, 4.69) is 15.2 Å². The molecule has 0 spiro atoms. The first-order valence-electron chi connectivity index (χ1n) is 9.48. The molecule has 0 aliphatic heterocycles. The molecule has 0 radical (unpaired) electrons. The van der Waals surface area contributed by atoms with Gasteiger partial charge >= 0.3 is 0 Å². The summed E-state index contributed by atoms with van der Waals surface area (Å²) in [4.78, 5) is 0. The number of hydrogen-bond acceptors (Lipinski definition) is 1. The number of benzene rings is 3. The Morgan fingerprint density at radius 1 is 0.750 bits per heavy atom. The molecule has 2 aromatic heterocycles. The van der Waals surface area contributed by atoms with Crippen molar-refractivity contribution in [2.75, 3.05) is 6.54 Å². The first-order chi connectivity index (χ1) is 13.5. The molecule has 0 aliphatic carbocycles. The summed E-state index contributed by atoms with van der Waals surface area (Å²) in [6.45, 7) is 0.592. The minimum atomic E-state index is -0.257. The smallest absolute Gasteiger partial charge is 0.123 e. The quantitative estimate of drug-likeness (QED) is 0.464. The Labute approximate surface area is 160 Å². The predicted octanol–water partition coefficient (Wildman–Crippen LogP) is 5.15. The lowest BCUT2D eigenvalue weighted by atomic mass is 10.00. The molecule has 0 atom stereocenters. The Morgan fingerprint density at radius 3 is 1.71 bits per heavy atom. The molecule has 28 heavy (non-hydrogen) atoms. The molecular weight excluding hydrogens is 356 g/mol. The molecule has 0 unspecified atom stereocenters. The second kappa shape index (κ2) is 6.04. The van der Waals surface area contributed by atoms with E-state index >= 15 is 0 Å². The molecule has 142 valence electrons. The van der Waals surface area contributed by atoms with Gasteiger partial charge in [-0.25, -0.2) is 8.78 Å². The SMILES string of the molecule is Cn1c2ccc(F)cc2c2cc3c4cc(F)ccc4n(C)c3c(CCCN)c21. The van der Waals surface area contributed by atoms with Crippen molar-refractivity contribution in [1.29, 1.82) is 0 Å². The fourth-order valence-corrected chi connectivity index (χ4v) is 4.68. The van der Waals surface area contributed by atoms with Gasteiger partial charge in [-0.1, -0.05) is 0 Å². The van der Waals surface area contributed by atoms with Crippen molar-refractivity contribution >= 4 is 43.6 Å². The van der Waals surface area contributed by atoms with E-state index in [9.17, 15) is 8.78 Å². The summed E-state index contributed by atoms with van der Waals surface area (Å²) in [6.07, 6.45) is 1.66. The molecule has 0 amide bonds. The van der Waals surface area contributed by atoms with Crippen molar-refractivity contribution in [2.45, 2.75) is 12.8 Å². The Kier molecular flexibility index (Phi) is 3.71. The second-order valence-corrected chi connectivity index (χ2v) is 7.48. The van der Waals surface area contributed by atoms with Crippen LogP contribution < -0.4 is 5.73 Å². The lowest BCUT2D eigenvalue weighted by Gasteiger charge is -2.11. The molecule has 3 nitrogen and oxygen atoms in total. The average molecular weight is 377 g/mol. The third-order valence-corrected chi connectivity index (χ3v) is 5.89. The van der Waals surface area contributed by atoms with Crippen LogP contribution in [0.5, 0.6) is 0 Å².